The topological polar surface area (TPSA) is 100 Å². The van der Waals surface area contributed by atoms with Crippen LogP contribution in [0.5, 0.6) is 0 Å². The summed E-state index contributed by atoms with van der Waals surface area (Å²) in [6.07, 6.45) is 0.597. The van der Waals surface area contributed by atoms with E-state index >= 15 is 0 Å². The molecule has 1 aliphatic rings. The molecule has 1 saturated heterocycles. The highest BCUT2D eigenvalue weighted by atomic mass is 16.5. The highest BCUT2D eigenvalue weighted by Crippen LogP contribution is 2.17. The number of carbonyl (C=O) groups excluding carboxylic acids is 2. The molecule has 132 valence electrons. The lowest BCUT2D eigenvalue weighted by atomic mass is 10.1. The summed E-state index contributed by atoms with van der Waals surface area (Å²) in [4.78, 5) is 29.8. The Hall–Kier alpha value is -2.90. The number of amides is 3. The highest BCUT2D eigenvalue weighted by Gasteiger charge is 2.27. The summed E-state index contributed by atoms with van der Waals surface area (Å²) in [5.41, 5.74) is 2.01. The van der Waals surface area contributed by atoms with Gasteiger partial charge in [-0.25, -0.2) is 4.79 Å². The first-order valence-electron chi connectivity index (χ1n) is 8.29. The zero-order chi connectivity index (χ0) is 17.8. The standard InChI is InChI=1S/C17H21N5O3/c1-3-22(17(24)19-13-8-9-18-16(13)23)10-14-20-15(21-25-14)12-6-4-11(2)5-7-12/h4-7,13H,3,8-10H2,1-2H3,(H,18,23)(H,19,24)/t13-/m0/s1. The largest absolute Gasteiger partial charge is 0.354 e. The Balaban J connectivity index is 1.64. The van der Waals surface area contributed by atoms with Crippen molar-refractivity contribution in [3.8, 4) is 11.4 Å². The van der Waals surface area contributed by atoms with Crippen LogP contribution in [0, 0.1) is 6.92 Å². The predicted molar refractivity (Wildman–Crippen MR) is 90.5 cm³/mol. The summed E-state index contributed by atoms with van der Waals surface area (Å²) in [5, 5.41) is 9.39. The minimum atomic E-state index is -0.479. The molecule has 0 spiro atoms. The van der Waals surface area contributed by atoms with Crippen molar-refractivity contribution in [2.24, 2.45) is 0 Å². The third-order valence-electron chi connectivity index (χ3n) is 4.12. The molecule has 1 aromatic carbocycles. The predicted octanol–water partition coefficient (Wildman–Crippen LogP) is 1.47. The average molecular weight is 343 g/mol. The SMILES string of the molecule is CCN(Cc1nc(-c2ccc(C)cc2)no1)C(=O)N[C@H]1CCNC1=O. The van der Waals surface area contributed by atoms with Gasteiger partial charge >= 0.3 is 6.03 Å². The number of benzene rings is 1. The van der Waals surface area contributed by atoms with Gasteiger partial charge in [-0.05, 0) is 20.3 Å². The molecule has 0 unspecified atom stereocenters. The third kappa shape index (κ3) is 3.96. The van der Waals surface area contributed by atoms with Gasteiger partial charge in [0.2, 0.25) is 17.6 Å². The molecule has 1 aliphatic heterocycles. The molecule has 2 aromatic rings. The van der Waals surface area contributed by atoms with E-state index in [9.17, 15) is 9.59 Å². The van der Waals surface area contributed by atoms with Crippen LogP contribution in [0.2, 0.25) is 0 Å². The van der Waals surface area contributed by atoms with Gasteiger partial charge in [-0.2, -0.15) is 4.98 Å². The second-order valence-corrected chi connectivity index (χ2v) is 5.97. The Bertz CT molecular complexity index is 756. The number of aryl methyl sites for hydroxylation is 1. The van der Waals surface area contributed by atoms with Gasteiger partial charge in [-0.15, -0.1) is 0 Å². The van der Waals surface area contributed by atoms with E-state index in [1.807, 2.05) is 38.1 Å². The number of rotatable bonds is 5. The zero-order valence-electron chi connectivity index (χ0n) is 14.3. The second-order valence-electron chi connectivity index (χ2n) is 5.97. The van der Waals surface area contributed by atoms with Crippen molar-refractivity contribution >= 4 is 11.9 Å². The highest BCUT2D eigenvalue weighted by molar-refractivity contribution is 5.88. The molecular formula is C17H21N5O3. The molecule has 0 radical (unpaired) electrons. The number of nitrogens with one attached hydrogen (secondary N) is 2. The van der Waals surface area contributed by atoms with Crippen molar-refractivity contribution in [1.29, 1.82) is 0 Å². The van der Waals surface area contributed by atoms with Gasteiger partial charge in [0.1, 0.15) is 12.6 Å². The molecule has 8 heteroatoms. The fourth-order valence-corrected chi connectivity index (χ4v) is 2.60. The second kappa shape index (κ2) is 7.33. The molecule has 0 aliphatic carbocycles. The van der Waals surface area contributed by atoms with Crippen LogP contribution in [0.3, 0.4) is 0 Å². The van der Waals surface area contributed by atoms with Crippen molar-refractivity contribution in [1.82, 2.24) is 25.7 Å². The molecule has 0 bridgehead atoms. The van der Waals surface area contributed by atoms with E-state index in [1.165, 1.54) is 4.90 Å². The van der Waals surface area contributed by atoms with Gasteiger partial charge < -0.3 is 20.1 Å². The lowest BCUT2D eigenvalue weighted by Crippen LogP contribution is -2.47. The van der Waals surface area contributed by atoms with Crippen molar-refractivity contribution in [2.45, 2.75) is 32.9 Å². The average Bonchev–Trinajstić information content (AvgIpc) is 3.23. The third-order valence-corrected chi connectivity index (χ3v) is 4.12. The van der Waals surface area contributed by atoms with E-state index in [-0.39, 0.29) is 18.5 Å². The Morgan fingerprint density at radius 1 is 1.40 bits per heavy atom. The first-order chi connectivity index (χ1) is 12.1. The zero-order valence-corrected chi connectivity index (χ0v) is 14.3. The molecule has 2 heterocycles. The van der Waals surface area contributed by atoms with Crippen LogP contribution in [-0.4, -0.2) is 46.1 Å². The maximum atomic E-state index is 12.3. The van der Waals surface area contributed by atoms with Gasteiger partial charge in [-0.3, -0.25) is 4.79 Å². The summed E-state index contributed by atoms with van der Waals surface area (Å²) >= 11 is 0. The van der Waals surface area contributed by atoms with E-state index in [0.717, 1.165) is 11.1 Å². The minimum Gasteiger partial charge on any atom is -0.354 e. The molecule has 8 nitrogen and oxygen atoms in total. The number of carbonyl (C=O) groups is 2. The van der Waals surface area contributed by atoms with Crippen molar-refractivity contribution in [3.05, 3.63) is 35.7 Å². The van der Waals surface area contributed by atoms with E-state index in [4.69, 9.17) is 4.52 Å². The smallest absolute Gasteiger partial charge is 0.318 e. The number of urea groups is 1. The van der Waals surface area contributed by atoms with Crippen LogP contribution in [-0.2, 0) is 11.3 Å². The molecule has 0 saturated carbocycles. The quantitative estimate of drug-likeness (QED) is 0.856. The van der Waals surface area contributed by atoms with Crippen molar-refractivity contribution < 1.29 is 14.1 Å². The first-order valence-corrected chi connectivity index (χ1v) is 8.29. The van der Waals surface area contributed by atoms with Gasteiger partial charge in [0.05, 0.1) is 0 Å². The number of nitrogens with zero attached hydrogens (tertiary/aromatic N) is 3. The molecule has 3 amide bonds. The van der Waals surface area contributed by atoms with Crippen LogP contribution in [0.15, 0.2) is 28.8 Å². The number of hydrogen-bond acceptors (Lipinski definition) is 5. The van der Waals surface area contributed by atoms with Gasteiger partial charge in [0.15, 0.2) is 0 Å². The first kappa shape index (κ1) is 16.9. The summed E-state index contributed by atoms with van der Waals surface area (Å²) in [5.74, 6) is 0.689. The summed E-state index contributed by atoms with van der Waals surface area (Å²) in [6.45, 7) is 5.09. The number of hydrogen-bond donors (Lipinski definition) is 2. The van der Waals surface area contributed by atoms with Gasteiger partial charge in [0, 0.05) is 18.7 Å². The molecule has 1 aromatic heterocycles. The fraction of sp³-hybridized carbons (Fsp3) is 0.412. The van der Waals surface area contributed by atoms with Crippen LogP contribution >= 0.6 is 0 Å². The lowest BCUT2D eigenvalue weighted by Gasteiger charge is -2.21. The van der Waals surface area contributed by atoms with Gasteiger partial charge in [-0.1, -0.05) is 35.0 Å². The lowest BCUT2D eigenvalue weighted by molar-refractivity contribution is -0.120. The van der Waals surface area contributed by atoms with Crippen molar-refractivity contribution in [2.75, 3.05) is 13.1 Å². The Kier molecular flexibility index (Phi) is 4.97. The van der Waals surface area contributed by atoms with E-state index in [0.29, 0.717) is 31.2 Å². The van der Waals surface area contributed by atoms with Crippen LogP contribution in [0.4, 0.5) is 4.79 Å². The molecule has 2 N–H and O–H groups in total. The van der Waals surface area contributed by atoms with Gasteiger partial charge in [0.25, 0.3) is 0 Å². The maximum Gasteiger partial charge on any atom is 0.318 e. The van der Waals surface area contributed by atoms with Crippen LogP contribution < -0.4 is 10.6 Å². The summed E-state index contributed by atoms with van der Waals surface area (Å²) in [6, 6.07) is 7.00. The molecule has 25 heavy (non-hydrogen) atoms. The minimum absolute atomic E-state index is 0.149. The van der Waals surface area contributed by atoms with Crippen LogP contribution in [0.1, 0.15) is 24.8 Å². The Morgan fingerprint density at radius 2 is 2.16 bits per heavy atom. The Morgan fingerprint density at radius 3 is 2.80 bits per heavy atom. The molecular weight excluding hydrogens is 322 g/mol. The summed E-state index contributed by atoms with van der Waals surface area (Å²) < 4.78 is 5.26. The summed E-state index contributed by atoms with van der Waals surface area (Å²) in [7, 11) is 0. The molecule has 3 rings (SSSR count). The normalized spacial score (nSPS) is 16.6. The Labute approximate surface area is 145 Å². The van der Waals surface area contributed by atoms with E-state index < -0.39 is 6.04 Å². The maximum absolute atomic E-state index is 12.3. The number of aromatic nitrogens is 2. The van der Waals surface area contributed by atoms with Crippen molar-refractivity contribution in [3.63, 3.8) is 0 Å². The molecule has 1 fully saturated rings. The fourth-order valence-electron chi connectivity index (χ4n) is 2.60. The van der Waals surface area contributed by atoms with E-state index in [2.05, 4.69) is 20.8 Å². The molecule has 1 atom stereocenters. The van der Waals surface area contributed by atoms with E-state index in [1.54, 1.807) is 0 Å². The monoisotopic (exact) mass is 343 g/mol. The van der Waals surface area contributed by atoms with Crippen LogP contribution in [0.25, 0.3) is 11.4 Å².